The van der Waals surface area contributed by atoms with E-state index >= 15 is 0 Å². The van der Waals surface area contributed by atoms with Crippen molar-refractivity contribution in [3.63, 3.8) is 0 Å². The second-order valence-corrected chi connectivity index (χ2v) is 7.33. The number of nitrogens with zero attached hydrogens (tertiary/aromatic N) is 5. The summed E-state index contributed by atoms with van der Waals surface area (Å²) < 4.78 is 3.87. The molecule has 0 bridgehead atoms. The van der Waals surface area contributed by atoms with E-state index in [9.17, 15) is 4.79 Å². The summed E-state index contributed by atoms with van der Waals surface area (Å²) in [5.74, 6) is 0.502. The third kappa shape index (κ3) is 4.52. The summed E-state index contributed by atoms with van der Waals surface area (Å²) in [4.78, 5) is 16.6. The fourth-order valence-corrected chi connectivity index (χ4v) is 3.43. The number of aromatic nitrogens is 6. The fraction of sp³-hybridized carbons (Fsp3) is 0.190. The summed E-state index contributed by atoms with van der Waals surface area (Å²) in [6, 6.07) is 15.9. The average Bonchev–Trinajstić information content (AvgIpc) is 3.38. The Morgan fingerprint density at radius 1 is 1.17 bits per heavy atom. The van der Waals surface area contributed by atoms with E-state index in [1.165, 1.54) is 6.33 Å². The van der Waals surface area contributed by atoms with Gasteiger partial charge in [-0.25, -0.2) is 9.67 Å². The predicted octanol–water partition coefficient (Wildman–Crippen LogP) is 2.87. The van der Waals surface area contributed by atoms with Crippen molar-refractivity contribution in [2.45, 2.75) is 26.6 Å². The van der Waals surface area contributed by atoms with Crippen LogP contribution in [0.4, 0.5) is 0 Å². The number of carbonyl (C=O) groups is 1. The normalized spacial score (nSPS) is 10.8. The number of aryl methyl sites for hydroxylation is 1. The van der Waals surface area contributed by atoms with Crippen molar-refractivity contribution in [2.75, 3.05) is 0 Å². The molecule has 152 valence electrons. The molecule has 1 amide bonds. The summed E-state index contributed by atoms with van der Waals surface area (Å²) in [6.45, 7) is 3.10. The van der Waals surface area contributed by atoms with E-state index in [1.807, 2.05) is 55.5 Å². The van der Waals surface area contributed by atoms with Gasteiger partial charge in [-0.2, -0.15) is 10.2 Å². The lowest BCUT2D eigenvalue weighted by atomic mass is 10.1. The molecule has 2 heterocycles. The largest absolute Gasteiger partial charge is 0.350 e. The second-order valence-electron chi connectivity index (χ2n) is 6.95. The number of hydrogen-bond donors (Lipinski definition) is 2. The van der Waals surface area contributed by atoms with Crippen LogP contribution in [0.2, 0.25) is 0 Å². The summed E-state index contributed by atoms with van der Waals surface area (Å²) in [5, 5.41) is 14.2. The van der Waals surface area contributed by atoms with Crippen LogP contribution in [0.15, 0.2) is 61.2 Å². The van der Waals surface area contributed by atoms with Crippen LogP contribution >= 0.6 is 12.2 Å². The first kappa shape index (κ1) is 19.7. The minimum atomic E-state index is -0.142. The summed E-state index contributed by atoms with van der Waals surface area (Å²) >= 11 is 5.34. The maximum Gasteiger partial charge on any atom is 0.240 e. The van der Waals surface area contributed by atoms with Gasteiger partial charge in [0.1, 0.15) is 19.2 Å². The number of H-pyrrole nitrogens is 1. The third-order valence-electron chi connectivity index (χ3n) is 4.73. The SMILES string of the molecule is Cc1cccc(-c2n[nH]c(=S)n2CC(=O)NCc2ccccc2Cn2cncn2)c1. The Morgan fingerprint density at radius 2 is 2.00 bits per heavy atom. The second kappa shape index (κ2) is 8.83. The molecule has 0 aliphatic heterocycles. The van der Waals surface area contributed by atoms with Crippen molar-refractivity contribution < 1.29 is 4.79 Å². The van der Waals surface area contributed by atoms with Crippen LogP contribution in [0.1, 0.15) is 16.7 Å². The molecule has 0 atom stereocenters. The molecule has 0 spiro atoms. The van der Waals surface area contributed by atoms with Crippen LogP contribution in [-0.2, 0) is 24.4 Å². The van der Waals surface area contributed by atoms with E-state index in [-0.39, 0.29) is 12.5 Å². The smallest absolute Gasteiger partial charge is 0.240 e. The van der Waals surface area contributed by atoms with E-state index in [0.717, 1.165) is 22.3 Å². The van der Waals surface area contributed by atoms with Gasteiger partial charge in [-0.05, 0) is 36.3 Å². The number of aromatic amines is 1. The van der Waals surface area contributed by atoms with Crippen molar-refractivity contribution in [1.29, 1.82) is 0 Å². The Bertz CT molecular complexity index is 1210. The lowest BCUT2D eigenvalue weighted by Crippen LogP contribution is -2.28. The molecule has 0 aliphatic carbocycles. The van der Waals surface area contributed by atoms with Gasteiger partial charge in [-0.1, -0.05) is 48.0 Å². The molecule has 0 fully saturated rings. The Hall–Kier alpha value is -3.59. The van der Waals surface area contributed by atoms with E-state index in [0.29, 0.717) is 23.7 Å². The van der Waals surface area contributed by atoms with Crippen LogP contribution in [0.3, 0.4) is 0 Å². The number of amides is 1. The van der Waals surface area contributed by atoms with Crippen molar-refractivity contribution >= 4 is 18.1 Å². The first-order valence-electron chi connectivity index (χ1n) is 9.48. The van der Waals surface area contributed by atoms with Crippen LogP contribution in [-0.4, -0.2) is 35.4 Å². The molecule has 0 radical (unpaired) electrons. The minimum Gasteiger partial charge on any atom is -0.350 e. The van der Waals surface area contributed by atoms with Crippen LogP contribution in [0.5, 0.6) is 0 Å². The third-order valence-corrected chi connectivity index (χ3v) is 5.04. The van der Waals surface area contributed by atoms with E-state index < -0.39 is 0 Å². The molecule has 0 unspecified atom stereocenters. The summed E-state index contributed by atoms with van der Waals surface area (Å²) in [6.07, 6.45) is 3.17. The molecule has 4 aromatic rings. The van der Waals surface area contributed by atoms with E-state index in [4.69, 9.17) is 12.2 Å². The molecule has 0 aliphatic rings. The zero-order chi connectivity index (χ0) is 20.9. The molecule has 4 rings (SSSR count). The average molecular weight is 420 g/mol. The van der Waals surface area contributed by atoms with Crippen molar-refractivity contribution in [3.8, 4) is 11.4 Å². The van der Waals surface area contributed by atoms with Gasteiger partial charge in [0.25, 0.3) is 0 Å². The Balaban J connectivity index is 1.46. The highest BCUT2D eigenvalue weighted by Gasteiger charge is 2.13. The quantitative estimate of drug-likeness (QED) is 0.449. The highest BCUT2D eigenvalue weighted by molar-refractivity contribution is 7.71. The maximum absolute atomic E-state index is 12.7. The van der Waals surface area contributed by atoms with Gasteiger partial charge in [0, 0.05) is 12.1 Å². The predicted molar refractivity (Wildman–Crippen MR) is 115 cm³/mol. The van der Waals surface area contributed by atoms with Crippen LogP contribution in [0, 0.1) is 11.7 Å². The van der Waals surface area contributed by atoms with Gasteiger partial charge in [-0.15, -0.1) is 0 Å². The first-order chi connectivity index (χ1) is 14.6. The summed E-state index contributed by atoms with van der Waals surface area (Å²) in [7, 11) is 0. The van der Waals surface area contributed by atoms with Crippen molar-refractivity contribution in [1.82, 2.24) is 34.8 Å². The molecule has 2 aromatic carbocycles. The van der Waals surface area contributed by atoms with Gasteiger partial charge in [0.2, 0.25) is 5.91 Å². The Kier molecular flexibility index (Phi) is 5.80. The summed E-state index contributed by atoms with van der Waals surface area (Å²) in [5.41, 5.74) is 4.12. The van der Waals surface area contributed by atoms with Gasteiger partial charge in [-0.3, -0.25) is 14.5 Å². The van der Waals surface area contributed by atoms with Gasteiger partial charge in [0.05, 0.1) is 6.54 Å². The molecule has 0 saturated carbocycles. The molecular weight excluding hydrogens is 398 g/mol. The van der Waals surface area contributed by atoms with Crippen LogP contribution < -0.4 is 5.32 Å². The minimum absolute atomic E-state index is 0.0872. The molecule has 30 heavy (non-hydrogen) atoms. The van der Waals surface area contributed by atoms with Crippen LogP contribution in [0.25, 0.3) is 11.4 Å². The first-order valence-corrected chi connectivity index (χ1v) is 9.89. The highest BCUT2D eigenvalue weighted by Crippen LogP contribution is 2.18. The molecule has 0 saturated heterocycles. The Morgan fingerprint density at radius 3 is 2.77 bits per heavy atom. The number of carbonyl (C=O) groups excluding carboxylic acids is 1. The molecular formula is C21H21N7OS. The molecule has 2 aromatic heterocycles. The van der Waals surface area contributed by atoms with Crippen molar-refractivity contribution in [3.05, 3.63) is 82.6 Å². The van der Waals surface area contributed by atoms with Gasteiger partial charge in [0.15, 0.2) is 10.6 Å². The molecule has 2 N–H and O–H groups in total. The van der Waals surface area contributed by atoms with Gasteiger partial charge >= 0.3 is 0 Å². The topological polar surface area (TPSA) is 93.4 Å². The highest BCUT2D eigenvalue weighted by atomic mass is 32.1. The molecule has 9 heteroatoms. The standard InChI is InChI=1S/C21H21N7OS/c1-15-5-4-8-16(9-15)20-25-26-21(30)28(20)12-19(29)23-10-17-6-2-3-7-18(17)11-27-14-22-13-24-27/h2-9,13-14H,10-12H2,1H3,(H,23,29)(H,26,30). The van der Waals surface area contributed by atoms with E-state index in [1.54, 1.807) is 15.6 Å². The zero-order valence-corrected chi connectivity index (χ0v) is 17.3. The van der Waals surface area contributed by atoms with Gasteiger partial charge < -0.3 is 5.32 Å². The number of benzene rings is 2. The van der Waals surface area contributed by atoms with Crippen molar-refractivity contribution in [2.24, 2.45) is 0 Å². The maximum atomic E-state index is 12.7. The lowest BCUT2D eigenvalue weighted by molar-refractivity contribution is -0.121. The zero-order valence-electron chi connectivity index (χ0n) is 16.4. The lowest BCUT2D eigenvalue weighted by Gasteiger charge is -2.12. The number of hydrogen-bond acceptors (Lipinski definition) is 5. The Labute approximate surface area is 178 Å². The molecule has 8 nitrogen and oxygen atoms in total. The number of rotatable bonds is 7. The van der Waals surface area contributed by atoms with E-state index in [2.05, 4.69) is 25.6 Å². The fourth-order valence-electron chi connectivity index (χ4n) is 3.24. The monoisotopic (exact) mass is 419 g/mol. The number of nitrogens with one attached hydrogen (secondary N) is 2.